The molecule has 0 atom stereocenters. The molecule has 0 amide bonds. The van der Waals surface area contributed by atoms with Crippen LogP contribution in [0.3, 0.4) is 0 Å². The van der Waals surface area contributed by atoms with Gasteiger partial charge in [-0.2, -0.15) is 0 Å². The van der Waals surface area contributed by atoms with Crippen molar-refractivity contribution >= 4 is 51.6 Å². The van der Waals surface area contributed by atoms with Crippen molar-refractivity contribution in [1.29, 1.82) is 0 Å². The molecule has 0 radical (unpaired) electrons. The van der Waals surface area contributed by atoms with Crippen LogP contribution in [0, 0.1) is 0 Å². The van der Waals surface area contributed by atoms with E-state index in [9.17, 15) is 18.3 Å². The Balaban J connectivity index is 4.07. The van der Waals surface area contributed by atoms with E-state index in [4.69, 9.17) is 39.1 Å². The van der Waals surface area contributed by atoms with Crippen molar-refractivity contribution in [3.8, 4) is 0 Å². The highest BCUT2D eigenvalue weighted by Gasteiger charge is 2.39. The molecule has 1 aromatic carbocycles. The van der Waals surface area contributed by atoms with Gasteiger partial charge in [-0.1, -0.05) is 0 Å². The van der Waals surface area contributed by atoms with E-state index in [-0.39, 0.29) is 12.1 Å². The lowest BCUT2D eigenvalue weighted by Crippen LogP contribution is -2.37. The number of rotatable bonds is 4. The van der Waals surface area contributed by atoms with Crippen LogP contribution in [0.25, 0.3) is 0 Å². The first-order valence-corrected chi connectivity index (χ1v) is 11.3. The van der Waals surface area contributed by atoms with E-state index in [2.05, 4.69) is 0 Å². The van der Waals surface area contributed by atoms with Gasteiger partial charge in [-0.3, -0.25) is 18.3 Å². The van der Waals surface area contributed by atoms with Gasteiger partial charge in [0, 0.05) is 0 Å². The normalized spacial score (nSPS) is 14.2. The Morgan fingerprint density at radius 3 is 0.682 bits per heavy atom. The Labute approximate surface area is 122 Å². The van der Waals surface area contributed by atoms with Gasteiger partial charge in [0.05, 0.1) is 21.2 Å². The monoisotopic (exact) mass is 398 g/mol. The van der Waals surface area contributed by atoms with E-state index in [1.807, 2.05) is 0 Å². The molecule has 126 valence electrons. The predicted molar refractivity (Wildman–Crippen MR) is 73.2 cm³/mol. The molecule has 0 saturated heterocycles. The molecule has 16 heteroatoms. The summed E-state index contributed by atoms with van der Waals surface area (Å²) in [5.74, 6) is 0. The molecule has 0 spiro atoms. The molecule has 0 fully saturated rings. The minimum absolute atomic E-state index is 0.00952. The average Bonchev–Trinajstić information content (AvgIpc) is 2.22. The van der Waals surface area contributed by atoms with Crippen LogP contribution in [0.2, 0.25) is 0 Å². The third-order valence-electron chi connectivity index (χ3n) is 2.33. The first-order valence-electron chi connectivity index (χ1n) is 4.88. The van der Waals surface area contributed by atoms with Crippen LogP contribution in [0.5, 0.6) is 0 Å². The topological polar surface area (TPSA) is 230 Å². The zero-order valence-corrected chi connectivity index (χ0v) is 13.7. The van der Waals surface area contributed by atoms with E-state index in [1.54, 1.807) is 0 Å². The molecule has 0 unspecified atom stereocenters. The Hall–Kier alpha value is -0.180. The lowest BCUT2D eigenvalue weighted by molar-refractivity contribution is 0.379. The molecule has 1 aromatic rings. The van der Waals surface area contributed by atoms with Gasteiger partial charge in [-0.25, -0.2) is 0 Å². The fraction of sp³-hybridized carbons (Fsp3) is 0. The van der Waals surface area contributed by atoms with Crippen molar-refractivity contribution in [1.82, 2.24) is 0 Å². The Kier molecular flexibility index (Phi) is 5.16. The second kappa shape index (κ2) is 5.72. The Bertz CT molecular complexity index is 658. The summed E-state index contributed by atoms with van der Waals surface area (Å²) in [6.45, 7) is 0. The van der Waals surface area contributed by atoms with Crippen LogP contribution in [-0.2, 0) is 18.3 Å². The van der Waals surface area contributed by atoms with Gasteiger partial charge in [0.15, 0.2) is 0 Å². The lowest BCUT2D eigenvalue weighted by atomic mass is 10.3. The molecule has 0 aromatic heterocycles. The van der Waals surface area contributed by atoms with Crippen molar-refractivity contribution in [3.05, 3.63) is 12.1 Å². The van der Waals surface area contributed by atoms with E-state index in [0.717, 1.165) is 0 Å². The summed E-state index contributed by atoms with van der Waals surface area (Å²) in [4.78, 5) is 72.3. The average molecular weight is 398 g/mol. The van der Waals surface area contributed by atoms with Crippen LogP contribution >= 0.6 is 30.4 Å². The first-order chi connectivity index (χ1) is 9.45. The fourth-order valence-corrected chi connectivity index (χ4v) is 5.90. The molecule has 0 aliphatic heterocycles. The molecule has 12 nitrogen and oxygen atoms in total. The maximum absolute atomic E-state index is 11.2. The van der Waals surface area contributed by atoms with Crippen LogP contribution in [0.4, 0.5) is 0 Å². The third kappa shape index (κ3) is 4.43. The Morgan fingerprint density at radius 1 is 0.455 bits per heavy atom. The highest BCUT2D eigenvalue weighted by molar-refractivity contribution is 7.69. The van der Waals surface area contributed by atoms with Gasteiger partial charge in [-0.05, 0) is 12.1 Å². The maximum Gasteiger partial charge on any atom is 0.357 e. The van der Waals surface area contributed by atoms with E-state index >= 15 is 0 Å². The molecule has 22 heavy (non-hydrogen) atoms. The summed E-state index contributed by atoms with van der Waals surface area (Å²) in [5.41, 5.74) is 0. The minimum Gasteiger partial charge on any atom is -0.321 e. The highest BCUT2D eigenvalue weighted by atomic mass is 31.2. The van der Waals surface area contributed by atoms with Gasteiger partial charge >= 0.3 is 30.4 Å². The SMILES string of the molecule is O=P(O)(O)c1cc(P(=O)(O)O)c(P(=O)(O)O)cc1P(=O)(O)O. The number of hydrogen-bond donors (Lipinski definition) is 8. The van der Waals surface area contributed by atoms with Crippen molar-refractivity contribution in [2.24, 2.45) is 0 Å². The van der Waals surface area contributed by atoms with Crippen molar-refractivity contribution in [2.45, 2.75) is 0 Å². The number of benzene rings is 1. The summed E-state index contributed by atoms with van der Waals surface area (Å²) < 4.78 is 45.0. The van der Waals surface area contributed by atoms with Gasteiger partial charge in [0.2, 0.25) is 0 Å². The molecule has 0 saturated carbocycles. The minimum atomic E-state index is -5.41. The van der Waals surface area contributed by atoms with E-state index in [1.165, 1.54) is 0 Å². The summed E-state index contributed by atoms with van der Waals surface area (Å²) >= 11 is 0. The van der Waals surface area contributed by atoms with Crippen molar-refractivity contribution in [3.63, 3.8) is 0 Å². The fourth-order valence-electron chi connectivity index (χ4n) is 1.49. The predicted octanol–water partition coefficient (Wildman–Crippen LogP) is -3.10. The zero-order valence-electron chi connectivity index (χ0n) is 10.2. The second-order valence-corrected chi connectivity index (χ2v) is 10.3. The summed E-state index contributed by atoms with van der Waals surface area (Å²) in [6, 6.07) is -0.0190. The second-order valence-electron chi connectivity index (χ2n) is 4.01. The van der Waals surface area contributed by atoms with Crippen molar-refractivity contribution < 1.29 is 57.4 Å². The standard InChI is InChI=1S/C6H10O12P4/c7-19(8,9)3-1-4(20(10,11)12)6(22(16,17)18)2-5(3)21(13,14)15/h1-2H,(H2,7,8,9)(H2,10,11,12)(H2,13,14,15)(H2,16,17,18). The van der Waals surface area contributed by atoms with Crippen LogP contribution in [0.15, 0.2) is 12.1 Å². The molecule has 8 N–H and O–H groups in total. The smallest absolute Gasteiger partial charge is 0.321 e. The molecule has 0 aliphatic rings. The van der Waals surface area contributed by atoms with Gasteiger partial charge in [0.25, 0.3) is 0 Å². The van der Waals surface area contributed by atoms with Crippen LogP contribution in [0.1, 0.15) is 0 Å². The molecule has 0 bridgehead atoms. The maximum atomic E-state index is 11.2. The quantitative estimate of drug-likeness (QED) is 0.236. The summed E-state index contributed by atoms with van der Waals surface area (Å²) in [7, 11) is -21.6. The molecule has 0 aliphatic carbocycles. The van der Waals surface area contributed by atoms with Gasteiger partial charge in [0.1, 0.15) is 0 Å². The third-order valence-corrected chi connectivity index (χ3v) is 6.67. The van der Waals surface area contributed by atoms with E-state index < -0.39 is 51.6 Å². The summed E-state index contributed by atoms with van der Waals surface area (Å²) in [6.07, 6.45) is 0. The summed E-state index contributed by atoms with van der Waals surface area (Å²) in [5, 5.41) is -5.74. The lowest BCUT2D eigenvalue weighted by Gasteiger charge is -2.18. The van der Waals surface area contributed by atoms with Gasteiger partial charge in [-0.15, -0.1) is 0 Å². The molecule has 0 heterocycles. The number of hydrogen-bond acceptors (Lipinski definition) is 4. The van der Waals surface area contributed by atoms with Crippen LogP contribution < -0.4 is 21.2 Å². The zero-order chi connectivity index (χ0) is 17.7. The van der Waals surface area contributed by atoms with Crippen molar-refractivity contribution in [2.75, 3.05) is 0 Å². The molecular formula is C6H10O12P4. The molecule has 1 rings (SSSR count). The van der Waals surface area contributed by atoms with E-state index in [0.29, 0.717) is 0 Å². The van der Waals surface area contributed by atoms with Crippen LogP contribution in [-0.4, -0.2) is 39.1 Å². The molecular weight excluding hydrogens is 388 g/mol. The Morgan fingerprint density at radius 2 is 0.591 bits per heavy atom. The first kappa shape index (κ1) is 19.9. The highest BCUT2D eigenvalue weighted by Crippen LogP contribution is 2.44. The largest absolute Gasteiger partial charge is 0.357 e. The van der Waals surface area contributed by atoms with Gasteiger partial charge < -0.3 is 39.1 Å².